The number of anilines is 1. The average molecular weight is 473 g/mol. The van der Waals surface area contributed by atoms with Crippen molar-refractivity contribution in [2.24, 2.45) is 0 Å². The summed E-state index contributed by atoms with van der Waals surface area (Å²) in [5.74, 6) is -1.86. The van der Waals surface area contributed by atoms with Gasteiger partial charge in [-0.15, -0.1) is 0 Å². The third kappa shape index (κ3) is 6.10. The van der Waals surface area contributed by atoms with E-state index in [1.165, 1.54) is 24.3 Å². The second-order valence-corrected chi connectivity index (χ2v) is 7.44. The fraction of sp³-hybridized carbons (Fsp3) is 0.0952. The molecule has 3 aromatic rings. The number of thioether (sulfide) groups is 1. The molecule has 32 heavy (non-hydrogen) atoms. The molecule has 11 heteroatoms. The Labute approximate surface area is 181 Å². The molecule has 168 valence electrons. The van der Waals surface area contributed by atoms with E-state index in [1.54, 1.807) is 0 Å². The van der Waals surface area contributed by atoms with Crippen molar-refractivity contribution in [2.75, 3.05) is 5.32 Å². The van der Waals surface area contributed by atoms with E-state index in [1.807, 2.05) is 0 Å². The monoisotopic (exact) mass is 473 g/mol. The van der Waals surface area contributed by atoms with Gasteiger partial charge in [-0.3, -0.25) is 4.79 Å². The number of rotatable bonds is 5. The van der Waals surface area contributed by atoms with E-state index < -0.39 is 28.9 Å². The number of phenolic OH excluding ortho intramolecular Hbond substituents is 1. The van der Waals surface area contributed by atoms with Crippen LogP contribution in [-0.2, 0) is 6.18 Å². The van der Waals surface area contributed by atoms with Crippen LogP contribution in [0, 0.1) is 0 Å². The van der Waals surface area contributed by atoms with Gasteiger partial charge in [-0.05, 0) is 66.4 Å². The summed E-state index contributed by atoms with van der Waals surface area (Å²) in [6.45, 7) is 0. The summed E-state index contributed by atoms with van der Waals surface area (Å²) in [5, 5.41) is 12.0. The second kappa shape index (κ2) is 9.03. The van der Waals surface area contributed by atoms with Crippen LogP contribution >= 0.6 is 11.8 Å². The number of carbonyl (C=O) groups excluding carboxylic acids is 1. The summed E-state index contributed by atoms with van der Waals surface area (Å²) in [7, 11) is 0. The SMILES string of the molecule is O=C(Nc1ccc(Oc2ccc(SC(F)(F)F)cc2)c(C(F)(F)F)c1)c1ccccc1O. The predicted octanol–water partition coefficient (Wildman–Crippen LogP) is 7.07. The highest BCUT2D eigenvalue weighted by atomic mass is 32.2. The van der Waals surface area contributed by atoms with Gasteiger partial charge in [0.25, 0.3) is 5.91 Å². The third-order valence-electron chi connectivity index (χ3n) is 3.98. The van der Waals surface area contributed by atoms with Gasteiger partial charge in [0.15, 0.2) is 0 Å². The predicted molar refractivity (Wildman–Crippen MR) is 106 cm³/mol. The van der Waals surface area contributed by atoms with E-state index in [0.717, 1.165) is 36.4 Å². The molecular formula is C21H13F6NO3S. The maximum Gasteiger partial charge on any atom is 0.446 e. The van der Waals surface area contributed by atoms with Crippen molar-refractivity contribution in [2.45, 2.75) is 16.6 Å². The molecule has 3 rings (SSSR count). The third-order valence-corrected chi connectivity index (χ3v) is 4.72. The van der Waals surface area contributed by atoms with Gasteiger partial charge in [0.1, 0.15) is 22.8 Å². The van der Waals surface area contributed by atoms with E-state index in [0.29, 0.717) is 6.07 Å². The van der Waals surface area contributed by atoms with Crippen LogP contribution in [-0.4, -0.2) is 16.5 Å². The molecular weight excluding hydrogens is 460 g/mol. The zero-order chi connectivity index (χ0) is 23.5. The largest absolute Gasteiger partial charge is 0.507 e. The molecule has 0 heterocycles. The van der Waals surface area contributed by atoms with Crippen LogP contribution in [0.25, 0.3) is 0 Å². The minimum absolute atomic E-state index is 0.104. The van der Waals surface area contributed by atoms with Crippen LogP contribution in [0.4, 0.5) is 32.0 Å². The molecule has 0 saturated carbocycles. The number of alkyl halides is 6. The van der Waals surface area contributed by atoms with Gasteiger partial charge in [0, 0.05) is 10.6 Å². The summed E-state index contributed by atoms with van der Waals surface area (Å²) in [5.41, 5.74) is -6.03. The van der Waals surface area contributed by atoms with Crippen molar-refractivity contribution < 1.29 is 41.0 Å². The number of halogens is 6. The number of hydrogen-bond donors (Lipinski definition) is 2. The molecule has 0 radical (unpaired) electrons. The van der Waals surface area contributed by atoms with Gasteiger partial charge in [-0.1, -0.05) is 12.1 Å². The lowest BCUT2D eigenvalue weighted by atomic mass is 10.1. The Morgan fingerprint density at radius 3 is 2.16 bits per heavy atom. The fourth-order valence-electron chi connectivity index (χ4n) is 2.62. The molecule has 0 aromatic heterocycles. The van der Waals surface area contributed by atoms with E-state index >= 15 is 0 Å². The zero-order valence-electron chi connectivity index (χ0n) is 15.8. The summed E-state index contributed by atoms with van der Waals surface area (Å²) < 4.78 is 83.0. The highest BCUT2D eigenvalue weighted by molar-refractivity contribution is 8.00. The second-order valence-electron chi connectivity index (χ2n) is 6.30. The number of nitrogens with one attached hydrogen (secondary N) is 1. The van der Waals surface area contributed by atoms with Crippen LogP contribution in [0.2, 0.25) is 0 Å². The van der Waals surface area contributed by atoms with Crippen molar-refractivity contribution in [1.82, 2.24) is 0 Å². The number of hydrogen-bond acceptors (Lipinski definition) is 4. The number of aromatic hydroxyl groups is 1. The molecule has 3 aromatic carbocycles. The highest BCUT2D eigenvalue weighted by Gasteiger charge is 2.35. The van der Waals surface area contributed by atoms with Gasteiger partial charge in [-0.2, -0.15) is 26.3 Å². The Hall–Kier alpha value is -3.34. The molecule has 0 aliphatic heterocycles. The number of benzene rings is 3. The first-order valence-corrected chi connectivity index (χ1v) is 9.58. The summed E-state index contributed by atoms with van der Waals surface area (Å²) in [4.78, 5) is 12.1. The minimum atomic E-state index is -4.85. The van der Waals surface area contributed by atoms with Crippen molar-refractivity contribution in [3.63, 3.8) is 0 Å². The van der Waals surface area contributed by atoms with Crippen LogP contribution in [0.3, 0.4) is 0 Å². The van der Waals surface area contributed by atoms with Gasteiger partial charge < -0.3 is 15.2 Å². The molecule has 0 bridgehead atoms. The molecule has 0 atom stereocenters. The first-order valence-electron chi connectivity index (χ1n) is 8.76. The quantitative estimate of drug-likeness (QED) is 0.308. The molecule has 4 nitrogen and oxygen atoms in total. The standard InChI is InChI=1S/C21H13F6NO3S/c22-20(23,24)16-11-12(28-19(30)15-3-1-2-4-17(15)29)5-10-18(16)31-13-6-8-14(9-7-13)32-21(25,26)27/h1-11,29H,(H,28,30). The van der Waals surface area contributed by atoms with Crippen molar-refractivity contribution in [3.05, 3.63) is 77.9 Å². The molecule has 0 saturated heterocycles. The maximum atomic E-state index is 13.5. The van der Waals surface area contributed by atoms with Gasteiger partial charge in [-0.25, -0.2) is 0 Å². The zero-order valence-corrected chi connectivity index (χ0v) is 16.6. The summed E-state index contributed by atoms with van der Waals surface area (Å²) >= 11 is -0.364. The number of ether oxygens (including phenoxy) is 1. The molecule has 0 unspecified atom stereocenters. The molecule has 0 spiro atoms. The van der Waals surface area contributed by atoms with Crippen LogP contribution in [0.15, 0.2) is 71.6 Å². The number of para-hydroxylation sites is 1. The number of phenols is 1. The van der Waals surface area contributed by atoms with Crippen LogP contribution in [0.5, 0.6) is 17.2 Å². The first kappa shape index (κ1) is 23.3. The Morgan fingerprint density at radius 1 is 0.906 bits per heavy atom. The lowest BCUT2D eigenvalue weighted by Gasteiger charge is -2.16. The Morgan fingerprint density at radius 2 is 1.56 bits per heavy atom. The van der Waals surface area contributed by atoms with Gasteiger partial charge in [0.2, 0.25) is 0 Å². The van der Waals surface area contributed by atoms with E-state index in [4.69, 9.17) is 4.74 Å². The van der Waals surface area contributed by atoms with E-state index in [2.05, 4.69) is 5.32 Å². The van der Waals surface area contributed by atoms with Crippen molar-refractivity contribution in [3.8, 4) is 17.2 Å². The Bertz CT molecular complexity index is 1110. The fourth-order valence-corrected chi connectivity index (χ4v) is 3.16. The normalized spacial score (nSPS) is 11.8. The van der Waals surface area contributed by atoms with Crippen molar-refractivity contribution >= 4 is 23.4 Å². The molecule has 0 aliphatic carbocycles. The highest BCUT2D eigenvalue weighted by Crippen LogP contribution is 2.41. The van der Waals surface area contributed by atoms with Crippen LogP contribution < -0.4 is 10.1 Å². The molecule has 0 aliphatic rings. The van der Waals surface area contributed by atoms with E-state index in [-0.39, 0.29) is 39.4 Å². The maximum absolute atomic E-state index is 13.5. The lowest BCUT2D eigenvalue weighted by Crippen LogP contribution is -2.14. The topological polar surface area (TPSA) is 58.6 Å². The van der Waals surface area contributed by atoms with Crippen LogP contribution in [0.1, 0.15) is 15.9 Å². The summed E-state index contributed by atoms with van der Waals surface area (Å²) in [6, 6.07) is 12.7. The molecule has 1 amide bonds. The van der Waals surface area contributed by atoms with Gasteiger partial charge in [0.05, 0.1) is 5.56 Å². The lowest BCUT2D eigenvalue weighted by molar-refractivity contribution is -0.138. The number of amides is 1. The Balaban J connectivity index is 1.83. The van der Waals surface area contributed by atoms with E-state index in [9.17, 15) is 36.2 Å². The Kier molecular flexibility index (Phi) is 6.58. The number of carbonyl (C=O) groups is 1. The average Bonchev–Trinajstić information content (AvgIpc) is 2.69. The minimum Gasteiger partial charge on any atom is -0.507 e. The first-order chi connectivity index (χ1) is 14.9. The van der Waals surface area contributed by atoms with Crippen molar-refractivity contribution in [1.29, 1.82) is 0 Å². The summed E-state index contributed by atoms with van der Waals surface area (Å²) in [6.07, 6.45) is -4.85. The smallest absolute Gasteiger partial charge is 0.446 e. The molecule has 2 N–H and O–H groups in total. The molecule has 0 fully saturated rings. The van der Waals surface area contributed by atoms with Gasteiger partial charge >= 0.3 is 11.7 Å².